The van der Waals surface area contributed by atoms with Crippen molar-refractivity contribution < 1.29 is 0 Å². The lowest BCUT2D eigenvalue weighted by Gasteiger charge is -2.45. The van der Waals surface area contributed by atoms with Gasteiger partial charge in [-0.05, 0) is 69.4 Å². The Bertz CT molecular complexity index is 273. The van der Waals surface area contributed by atoms with E-state index in [1.807, 2.05) is 0 Å². The predicted molar refractivity (Wildman–Crippen MR) is 81.1 cm³/mol. The molecule has 0 aromatic rings. The Hall–Kier alpha value is -0.0800. The van der Waals surface area contributed by atoms with Gasteiger partial charge in [-0.25, -0.2) is 0 Å². The molecule has 2 saturated carbocycles. The summed E-state index contributed by atoms with van der Waals surface area (Å²) in [5.41, 5.74) is 6.89. The molecule has 0 bridgehead atoms. The van der Waals surface area contributed by atoms with Crippen LogP contribution in [0, 0.1) is 11.3 Å². The van der Waals surface area contributed by atoms with Crippen LogP contribution < -0.4 is 5.73 Å². The molecule has 2 atom stereocenters. The van der Waals surface area contributed by atoms with E-state index in [1.165, 1.54) is 90.3 Å². The summed E-state index contributed by atoms with van der Waals surface area (Å²) in [5, 5.41) is 0. The first kappa shape index (κ1) is 13.9. The lowest BCUT2D eigenvalue weighted by atomic mass is 9.68. The number of nitrogens with zero attached hydrogens (tertiary/aromatic N) is 1. The molecule has 1 heterocycles. The van der Waals surface area contributed by atoms with E-state index >= 15 is 0 Å². The molecule has 2 heteroatoms. The minimum absolute atomic E-state index is 0.494. The third-order valence-electron chi connectivity index (χ3n) is 6.17. The van der Waals surface area contributed by atoms with Crippen LogP contribution in [0.25, 0.3) is 0 Å². The Morgan fingerprint density at radius 1 is 0.895 bits per heavy atom. The number of nitrogens with two attached hydrogens (primary N) is 1. The average molecular weight is 264 g/mol. The van der Waals surface area contributed by atoms with Gasteiger partial charge in [0.1, 0.15) is 0 Å². The van der Waals surface area contributed by atoms with Crippen LogP contribution in [-0.2, 0) is 0 Å². The fraction of sp³-hybridized carbons (Fsp3) is 1.00. The monoisotopic (exact) mass is 264 g/mol. The molecule has 2 nitrogen and oxygen atoms in total. The van der Waals surface area contributed by atoms with Crippen LogP contribution in [0.2, 0.25) is 0 Å². The van der Waals surface area contributed by atoms with Crippen LogP contribution in [-0.4, -0.2) is 30.6 Å². The smallest absolute Gasteiger partial charge is 0.00419 e. The summed E-state index contributed by atoms with van der Waals surface area (Å²) in [6, 6.07) is 0.494. The van der Waals surface area contributed by atoms with Crippen molar-refractivity contribution in [3.8, 4) is 0 Å². The Balaban J connectivity index is 1.44. The maximum Gasteiger partial charge on any atom is 0.00419 e. The molecule has 1 spiro atoms. The van der Waals surface area contributed by atoms with E-state index < -0.39 is 0 Å². The van der Waals surface area contributed by atoms with Crippen LogP contribution in [0.15, 0.2) is 0 Å². The molecule has 2 N–H and O–H groups in total. The molecule has 2 unspecified atom stereocenters. The zero-order valence-corrected chi connectivity index (χ0v) is 12.6. The lowest BCUT2D eigenvalue weighted by Crippen LogP contribution is -2.44. The largest absolute Gasteiger partial charge is 0.328 e. The molecule has 0 radical (unpaired) electrons. The summed E-state index contributed by atoms with van der Waals surface area (Å²) in [6.45, 7) is 4.07. The minimum Gasteiger partial charge on any atom is -0.328 e. The lowest BCUT2D eigenvalue weighted by molar-refractivity contribution is 0.0553. The second-order valence-electron chi connectivity index (χ2n) is 7.65. The zero-order chi connectivity index (χ0) is 13.1. The highest BCUT2D eigenvalue weighted by atomic mass is 15.1. The second kappa shape index (κ2) is 6.13. The van der Waals surface area contributed by atoms with Gasteiger partial charge in [0.25, 0.3) is 0 Å². The second-order valence-corrected chi connectivity index (χ2v) is 7.65. The van der Waals surface area contributed by atoms with Crippen LogP contribution >= 0.6 is 0 Å². The van der Waals surface area contributed by atoms with E-state index in [9.17, 15) is 0 Å². The van der Waals surface area contributed by atoms with Gasteiger partial charge in [0.2, 0.25) is 0 Å². The first-order valence-electron chi connectivity index (χ1n) is 8.74. The molecule has 19 heavy (non-hydrogen) atoms. The fourth-order valence-corrected chi connectivity index (χ4v) is 4.88. The van der Waals surface area contributed by atoms with E-state index in [0.29, 0.717) is 6.04 Å². The summed E-state index contributed by atoms with van der Waals surface area (Å²) < 4.78 is 0. The van der Waals surface area contributed by atoms with Gasteiger partial charge in [-0.2, -0.15) is 0 Å². The van der Waals surface area contributed by atoms with E-state index in [4.69, 9.17) is 5.73 Å². The van der Waals surface area contributed by atoms with Crippen molar-refractivity contribution in [3.05, 3.63) is 0 Å². The quantitative estimate of drug-likeness (QED) is 0.826. The van der Waals surface area contributed by atoms with Crippen LogP contribution in [0.1, 0.15) is 70.6 Å². The van der Waals surface area contributed by atoms with Crippen LogP contribution in [0.4, 0.5) is 0 Å². The molecule has 0 amide bonds. The summed E-state index contributed by atoms with van der Waals surface area (Å²) in [5.74, 6) is 0.893. The zero-order valence-electron chi connectivity index (χ0n) is 12.6. The van der Waals surface area contributed by atoms with Gasteiger partial charge in [0.05, 0.1) is 0 Å². The maximum absolute atomic E-state index is 6.12. The summed E-state index contributed by atoms with van der Waals surface area (Å²) in [7, 11) is 0. The Kier molecular flexibility index (Phi) is 4.48. The third kappa shape index (κ3) is 3.52. The first-order valence-corrected chi connectivity index (χ1v) is 8.74. The summed E-state index contributed by atoms with van der Waals surface area (Å²) in [6.07, 6.45) is 15.8. The number of likely N-dealkylation sites (tertiary alicyclic amines) is 1. The molecular formula is C17H32N2. The first-order chi connectivity index (χ1) is 9.26. The molecule has 0 aromatic heterocycles. The van der Waals surface area contributed by atoms with Gasteiger partial charge >= 0.3 is 0 Å². The minimum atomic E-state index is 0.494. The molecule has 0 aromatic carbocycles. The van der Waals surface area contributed by atoms with Crippen molar-refractivity contribution in [2.24, 2.45) is 17.1 Å². The Morgan fingerprint density at radius 2 is 1.63 bits per heavy atom. The number of hydrogen-bond acceptors (Lipinski definition) is 2. The molecule has 3 aliphatic rings. The van der Waals surface area contributed by atoms with Crippen molar-refractivity contribution >= 4 is 0 Å². The fourth-order valence-electron chi connectivity index (χ4n) is 4.88. The topological polar surface area (TPSA) is 29.3 Å². The Morgan fingerprint density at radius 3 is 2.32 bits per heavy atom. The number of rotatable bonds is 2. The van der Waals surface area contributed by atoms with Gasteiger partial charge < -0.3 is 10.6 Å². The highest BCUT2D eigenvalue weighted by Gasteiger charge is 2.36. The highest BCUT2D eigenvalue weighted by Crippen LogP contribution is 2.44. The SMILES string of the molecule is NC1CCCC(CN2CCC3(CCCCC3)CC2)C1. The molecule has 1 aliphatic heterocycles. The van der Waals surface area contributed by atoms with Crippen molar-refractivity contribution in [2.45, 2.75) is 76.7 Å². The van der Waals surface area contributed by atoms with Gasteiger partial charge in [-0.3, -0.25) is 0 Å². The van der Waals surface area contributed by atoms with E-state index in [2.05, 4.69) is 4.90 Å². The maximum atomic E-state index is 6.12. The van der Waals surface area contributed by atoms with Crippen molar-refractivity contribution in [3.63, 3.8) is 0 Å². The molecular weight excluding hydrogens is 232 g/mol. The predicted octanol–water partition coefficient (Wildman–Crippen LogP) is 3.55. The normalized spacial score (nSPS) is 36.5. The van der Waals surface area contributed by atoms with Gasteiger partial charge in [0, 0.05) is 12.6 Å². The molecule has 2 aliphatic carbocycles. The molecule has 1 saturated heterocycles. The third-order valence-corrected chi connectivity index (χ3v) is 6.17. The Labute approximate surface area is 119 Å². The standard InChI is InChI=1S/C17H32N2/c18-16-6-4-5-15(13-16)14-19-11-9-17(10-12-19)7-2-1-3-8-17/h15-16H,1-14,18H2. The summed E-state index contributed by atoms with van der Waals surface area (Å²) in [4.78, 5) is 2.75. The number of piperidine rings is 1. The van der Waals surface area contributed by atoms with Gasteiger partial charge in [-0.15, -0.1) is 0 Å². The van der Waals surface area contributed by atoms with E-state index in [0.717, 1.165) is 11.3 Å². The van der Waals surface area contributed by atoms with Crippen LogP contribution in [0.3, 0.4) is 0 Å². The number of hydrogen-bond donors (Lipinski definition) is 1. The molecule has 110 valence electrons. The van der Waals surface area contributed by atoms with Crippen molar-refractivity contribution in [1.82, 2.24) is 4.90 Å². The molecule has 3 rings (SSSR count). The van der Waals surface area contributed by atoms with Crippen molar-refractivity contribution in [2.75, 3.05) is 19.6 Å². The van der Waals surface area contributed by atoms with Gasteiger partial charge in [0.15, 0.2) is 0 Å². The van der Waals surface area contributed by atoms with E-state index in [-0.39, 0.29) is 0 Å². The van der Waals surface area contributed by atoms with Crippen molar-refractivity contribution in [1.29, 1.82) is 0 Å². The highest BCUT2D eigenvalue weighted by molar-refractivity contribution is 4.89. The van der Waals surface area contributed by atoms with E-state index in [1.54, 1.807) is 0 Å². The molecule has 3 fully saturated rings. The summed E-state index contributed by atoms with van der Waals surface area (Å²) >= 11 is 0. The average Bonchev–Trinajstić information content (AvgIpc) is 2.43. The van der Waals surface area contributed by atoms with Crippen LogP contribution in [0.5, 0.6) is 0 Å². The van der Waals surface area contributed by atoms with Gasteiger partial charge in [-0.1, -0.05) is 25.7 Å².